The molecule has 0 aliphatic carbocycles. The number of thioether (sulfide) groups is 1. The van der Waals surface area contributed by atoms with Gasteiger partial charge in [0.2, 0.25) is 0 Å². The quantitative estimate of drug-likeness (QED) is 0.612. The molecule has 0 aliphatic rings. The lowest BCUT2D eigenvalue weighted by molar-refractivity contribution is 0.113. The minimum Gasteiger partial charge on any atom is -0.394 e. The smallest absolute Gasteiger partial charge is 0.0861 e. The average Bonchev–Trinajstić information content (AvgIpc) is 2.02. The van der Waals surface area contributed by atoms with Gasteiger partial charge in [-0.1, -0.05) is 20.8 Å². The molecule has 0 aromatic heterocycles. The van der Waals surface area contributed by atoms with Crippen molar-refractivity contribution in [2.45, 2.75) is 32.1 Å². The van der Waals surface area contributed by atoms with Crippen LogP contribution in [0.4, 0.5) is 0 Å². The Hall–Kier alpha value is 0.230. The van der Waals surface area contributed by atoms with Crippen molar-refractivity contribution in [2.75, 3.05) is 18.9 Å². The van der Waals surface area contributed by atoms with Gasteiger partial charge < -0.3 is 15.9 Å². The first-order valence-electron chi connectivity index (χ1n) is 4.52. The molecule has 80 valence electrons. The molecule has 0 aromatic carbocycles. The summed E-state index contributed by atoms with van der Waals surface area (Å²) in [5, 5.41) is 18.1. The molecule has 2 unspecified atom stereocenters. The average molecular weight is 207 g/mol. The Morgan fingerprint density at radius 1 is 1.38 bits per heavy atom. The van der Waals surface area contributed by atoms with Crippen molar-refractivity contribution in [3.63, 3.8) is 0 Å². The fraction of sp³-hybridized carbons (Fsp3) is 1.00. The maximum absolute atomic E-state index is 9.16. The molecule has 0 rings (SSSR count). The molecule has 3 nitrogen and oxygen atoms in total. The van der Waals surface area contributed by atoms with Gasteiger partial charge in [-0.2, -0.15) is 11.8 Å². The molecule has 0 saturated carbocycles. The Balaban J connectivity index is 3.86. The highest BCUT2D eigenvalue weighted by Crippen LogP contribution is 2.29. The molecule has 0 radical (unpaired) electrons. The number of rotatable bonds is 5. The second-order valence-corrected chi connectivity index (χ2v) is 5.50. The highest BCUT2D eigenvalue weighted by atomic mass is 32.2. The number of aliphatic hydroxyl groups excluding tert-OH is 2. The topological polar surface area (TPSA) is 66.5 Å². The molecule has 0 aromatic rings. The summed E-state index contributed by atoms with van der Waals surface area (Å²) in [6.07, 6.45) is -0.624. The Morgan fingerprint density at radius 2 is 1.92 bits per heavy atom. The Labute approximate surface area is 84.7 Å². The van der Waals surface area contributed by atoms with Crippen LogP contribution in [0, 0.1) is 5.41 Å². The predicted octanol–water partition coefficient (Wildman–Crippen LogP) is 0.446. The van der Waals surface area contributed by atoms with Gasteiger partial charge in [-0.3, -0.25) is 0 Å². The minimum absolute atomic E-state index is 0.147. The van der Waals surface area contributed by atoms with Crippen LogP contribution in [0.5, 0.6) is 0 Å². The van der Waals surface area contributed by atoms with Crippen LogP contribution < -0.4 is 5.73 Å². The zero-order valence-corrected chi connectivity index (χ0v) is 9.47. The van der Waals surface area contributed by atoms with Crippen molar-refractivity contribution >= 4 is 11.8 Å². The van der Waals surface area contributed by atoms with E-state index in [1.807, 2.05) is 0 Å². The maximum atomic E-state index is 9.16. The summed E-state index contributed by atoms with van der Waals surface area (Å²) in [5.41, 5.74) is 5.77. The number of hydrogen-bond acceptors (Lipinski definition) is 4. The molecule has 4 N–H and O–H groups in total. The third kappa shape index (κ3) is 5.52. The summed E-state index contributed by atoms with van der Waals surface area (Å²) in [5.74, 6) is 0.551. The monoisotopic (exact) mass is 207 g/mol. The van der Waals surface area contributed by atoms with E-state index in [2.05, 4.69) is 20.8 Å². The zero-order chi connectivity index (χ0) is 10.5. The highest BCUT2D eigenvalue weighted by molar-refractivity contribution is 8.00. The van der Waals surface area contributed by atoms with Crippen LogP contribution >= 0.6 is 11.8 Å². The maximum Gasteiger partial charge on any atom is 0.0861 e. The summed E-state index contributed by atoms with van der Waals surface area (Å²) in [7, 11) is 0. The van der Waals surface area contributed by atoms with Gasteiger partial charge in [0.15, 0.2) is 0 Å². The first kappa shape index (κ1) is 13.2. The summed E-state index contributed by atoms with van der Waals surface area (Å²) in [6, 6.07) is 0. The van der Waals surface area contributed by atoms with Crippen molar-refractivity contribution in [3.8, 4) is 0 Å². The molecule has 0 bridgehead atoms. The lowest BCUT2D eigenvalue weighted by Crippen LogP contribution is -2.32. The second-order valence-electron chi connectivity index (χ2n) is 4.26. The Bertz CT molecular complexity index is 136. The summed E-state index contributed by atoms with van der Waals surface area (Å²) >= 11 is 1.63. The third-order valence-electron chi connectivity index (χ3n) is 1.88. The lowest BCUT2D eigenvalue weighted by atomic mass is 9.92. The van der Waals surface area contributed by atoms with E-state index in [0.717, 1.165) is 0 Å². The van der Waals surface area contributed by atoms with Gasteiger partial charge in [0.05, 0.1) is 12.7 Å². The third-order valence-corrected chi connectivity index (χ3v) is 3.76. The van der Waals surface area contributed by atoms with E-state index in [1.54, 1.807) is 11.8 Å². The van der Waals surface area contributed by atoms with Gasteiger partial charge in [0, 0.05) is 17.5 Å². The highest BCUT2D eigenvalue weighted by Gasteiger charge is 2.24. The second kappa shape index (κ2) is 5.86. The summed E-state index contributed by atoms with van der Waals surface area (Å²) < 4.78 is 0. The van der Waals surface area contributed by atoms with Gasteiger partial charge in [0.25, 0.3) is 0 Å². The van der Waals surface area contributed by atoms with Crippen LogP contribution in [0.2, 0.25) is 0 Å². The molecular weight excluding hydrogens is 186 g/mol. The van der Waals surface area contributed by atoms with Crippen LogP contribution in [0.15, 0.2) is 0 Å². The van der Waals surface area contributed by atoms with E-state index < -0.39 is 6.10 Å². The van der Waals surface area contributed by atoms with Crippen LogP contribution in [0.1, 0.15) is 20.8 Å². The molecular formula is C9H21NO2S. The van der Waals surface area contributed by atoms with Gasteiger partial charge in [-0.25, -0.2) is 0 Å². The van der Waals surface area contributed by atoms with E-state index in [4.69, 9.17) is 15.9 Å². The molecule has 0 spiro atoms. The van der Waals surface area contributed by atoms with Crippen LogP contribution in [-0.2, 0) is 0 Å². The molecule has 4 heteroatoms. The largest absolute Gasteiger partial charge is 0.394 e. The van der Waals surface area contributed by atoms with E-state index in [-0.39, 0.29) is 12.0 Å². The fourth-order valence-corrected chi connectivity index (χ4v) is 2.15. The SMILES string of the molecule is CC(C)(C)C(CN)SCC(O)CO. The van der Waals surface area contributed by atoms with Crippen molar-refractivity contribution in [2.24, 2.45) is 11.1 Å². The van der Waals surface area contributed by atoms with Crippen LogP contribution in [-0.4, -0.2) is 40.5 Å². The van der Waals surface area contributed by atoms with Crippen molar-refractivity contribution in [3.05, 3.63) is 0 Å². The van der Waals surface area contributed by atoms with E-state index in [0.29, 0.717) is 17.5 Å². The fourth-order valence-electron chi connectivity index (χ4n) is 0.952. The number of hydrogen-bond donors (Lipinski definition) is 3. The van der Waals surface area contributed by atoms with Gasteiger partial charge in [-0.15, -0.1) is 0 Å². The number of nitrogens with two attached hydrogens (primary N) is 1. The van der Waals surface area contributed by atoms with Gasteiger partial charge in [-0.05, 0) is 5.41 Å². The van der Waals surface area contributed by atoms with Gasteiger partial charge in [0.1, 0.15) is 0 Å². The van der Waals surface area contributed by atoms with E-state index in [1.165, 1.54) is 0 Å². The summed E-state index contributed by atoms with van der Waals surface area (Å²) in [4.78, 5) is 0. The predicted molar refractivity (Wildman–Crippen MR) is 57.8 cm³/mol. The molecule has 2 atom stereocenters. The molecule has 0 saturated heterocycles. The van der Waals surface area contributed by atoms with Gasteiger partial charge >= 0.3 is 0 Å². The van der Waals surface area contributed by atoms with Crippen molar-refractivity contribution < 1.29 is 10.2 Å². The molecule has 0 aliphatic heterocycles. The van der Waals surface area contributed by atoms with E-state index in [9.17, 15) is 0 Å². The molecule has 0 amide bonds. The first-order chi connectivity index (χ1) is 5.91. The molecule has 0 fully saturated rings. The van der Waals surface area contributed by atoms with Crippen LogP contribution in [0.3, 0.4) is 0 Å². The molecule has 13 heavy (non-hydrogen) atoms. The Kier molecular flexibility index (Phi) is 5.96. The normalized spacial score (nSPS) is 17.1. The minimum atomic E-state index is -0.624. The Morgan fingerprint density at radius 3 is 2.23 bits per heavy atom. The number of aliphatic hydroxyl groups is 2. The standard InChI is InChI=1S/C9H21NO2S/c1-9(2,3)8(4-10)13-6-7(12)5-11/h7-8,11-12H,4-6,10H2,1-3H3. The molecule has 0 heterocycles. The first-order valence-corrected chi connectivity index (χ1v) is 5.57. The van der Waals surface area contributed by atoms with Crippen molar-refractivity contribution in [1.29, 1.82) is 0 Å². The zero-order valence-electron chi connectivity index (χ0n) is 8.66. The summed E-state index contributed by atoms with van der Waals surface area (Å²) in [6.45, 7) is 6.81. The van der Waals surface area contributed by atoms with Crippen LogP contribution in [0.25, 0.3) is 0 Å². The van der Waals surface area contributed by atoms with E-state index >= 15 is 0 Å². The van der Waals surface area contributed by atoms with Crippen molar-refractivity contribution in [1.82, 2.24) is 0 Å². The lowest BCUT2D eigenvalue weighted by Gasteiger charge is -2.29.